The molecule has 1 aliphatic heterocycles. The second-order valence-corrected chi connectivity index (χ2v) is 6.61. The van der Waals surface area contributed by atoms with E-state index in [9.17, 15) is 4.79 Å². The van der Waals surface area contributed by atoms with E-state index in [1.54, 1.807) is 37.8 Å². The summed E-state index contributed by atoms with van der Waals surface area (Å²) in [5.74, 6) is 2.15. The van der Waals surface area contributed by atoms with Crippen molar-refractivity contribution in [3.8, 4) is 5.88 Å². The highest BCUT2D eigenvalue weighted by Gasteiger charge is 2.31. The predicted octanol–water partition coefficient (Wildman–Crippen LogP) is 2.98. The third kappa shape index (κ3) is 3.85. The summed E-state index contributed by atoms with van der Waals surface area (Å²) in [6, 6.07) is 8.92. The van der Waals surface area contributed by atoms with Gasteiger partial charge >= 0.3 is 0 Å². The molecule has 146 valence electrons. The molecule has 0 unspecified atom stereocenters. The molecule has 8 heteroatoms. The van der Waals surface area contributed by atoms with Crippen molar-refractivity contribution < 1.29 is 18.4 Å². The van der Waals surface area contributed by atoms with Crippen LogP contribution in [0, 0.1) is 0 Å². The summed E-state index contributed by atoms with van der Waals surface area (Å²) in [6.45, 7) is 1.91. The highest BCUT2D eigenvalue weighted by Crippen LogP contribution is 2.24. The average Bonchev–Trinajstić information content (AvgIpc) is 3.46. The number of amides is 1. The monoisotopic (exact) mass is 382 g/mol. The van der Waals surface area contributed by atoms with Gasteiger partial charge < -0.3 is 23.4 Å². The Morgan fingerprint density at radius 3 is 2.68 bits per heavy atom. The van der Waals surface area contributed by atoms with E-state index < -0.39 is 0 Å². The van der Waals surface area contributed by atoms with Gasteiger partial charge in [-0.1, -0.05) is 0 Å². The Hall–Kier alpha value is -3.29. The molecule has 3 aromatic heterocycles. The van der Waals surface area contributed by atoms with Gasteiger partial charge in [0.05, 0.1) is 26.2 Å². The Kier molecular flexibility index (Phi) is 5.27. The zero-order chi connectivity index (χ0) is 19.3. The lowest BCUT2D eigenvalue weighted by Crippen LogP contribution is -2.47. The number of rotatable bonds is 6. The van der Waals surface area contributed by atoms with Gasteiger partial charge in [-0.05, 0) is 37.1 Å². The Morgan fingerprint density at radius 2 is 2.00 bits per heavy atom. The summed E-state index contributed by atoms with van der Waals surface area (Å²) in [7, 11) is 1.59. The normalized spacial score (nSPS) is 14.8. The molecular weight excluding hydrogens is 360 g/mol. The largest absolute Gasteiger partial charge is 0.481 e. The van der Waals surface area contributed by atoms with Crippen molar-refractivity contribution in [2.24, 2.45) is 0 Å². The fourth-order valence-electron chi connectivity index (χ4n) is 3.45. The number of carbonyl (C=O) groups excluding carboxylic acids is 1. The third-order valence-corrected chi connectivity index (χ3v) is 4.91. The van der Waals surface area contributed by atoms with Crippen LogP contribution in [0.4, 0.5) is 5.95 Å². The number of hydrogen-bond acceptors (Lipinski definition) is 7. The molecule has 0 aromatic carbocycles. The Balaban J connectivity index is 1.47. The second kappa shape index (κ2) is 8.16. The zero-order valence-electron chi connectivity index (χ0n) is 15.7. The number of anilines is 1. The number of methoxy groups -OCH3 is 1. The van der Waals surface area contributed by atoms with Crippen LogP contribution in [0.25, 0.3) is 0 Å². The van der Waals surface area contributed by atoms with Gasteiger partial charge in [-0.15, -0.1) is 0 Å². The average molecular weight is 382 g/mol. The van der Waals surface area contributed by atoms with Gasteiger partial charge in [0, 0.05) is 31.4 Å². The minimum atomic E-state index is -0.127. The number of aromatic nitrogens is 2. The Morgan fingerprint density at radius 1 is 1.21 bits per heavy atom. The predicted molar refractivity (Wildman–Crippen MR) is 101 cm³/mol. The lowest BCUT2D eigenvalue weighted by Gasteiger charge is -2.38. The topological polar surface area (TPSA) is 84.8 Å². The highest BCUT2D eigenvalue weighted by atomic mass is 16.5. The van der Waals surface area contributed by atoms with E-state index in [2.05, 4.69) is 14.9 Å². The molecule has 0 atom stereocenters. The van der Waals surface area contributed by atoms with E-state index in [4.69, 9.17) is 13.6 Å². The van der Waals surface area contributed by atoms with Gasteiger partial charge in [0.25, 0.3) is 5.91 Å². The minimum absolute atomic E-state index is 0.0737. The van der Waals surface area contributed by atoms with Gasteiger partial charge in [0.1, 0.15) is 5.76 Å². The fraction of sp³-hybridized carbons (Fsp3) is 0.350. The molecule has 0 N–H and O–H groups in total. The molecule has 0 bridgehead atoms. The lowest BCUT2D eigenvalue weighted by atomic mass is 10.0. The summed E-state index contributed by atoms with van der Waals surface area (Å²) in [5, 5.41) is 0. The standard InChI is InChI=1S/C20H22N4O4/c1-26-18-6-9-21-20(22-18)23-10-7-15(8-11-23)24(14-16-4-2-12-27-16)19(25)17-5-3-13-28-17/h2-6,9,12-13,15H,7-8,10-11,14H2,1H3. The summed E-state index contributed by atoms with van der Waals surface area (Å²) >= 11 is 0. The summed E-state index contributed by atoms with van der Waals surface area (Å²) in [4.78, 5) is 25.7. The van der Waals surface area contributed by atoms with Crippen LogP contribution in [0.15, 0.2) is 57.9 Å². The SMILES string of the molecule is COc1ccnc(N2CCC(N(Cc3ccco3)C(=O)c3ccco3)CC2)n1. The molecule has 1 aliphatic rings. The summed E-state index contributed by atoms with van der Waals surface area (Å²) < 4.78 is 16.0. The van der Waals surface area contributed by atoms with Crippen LogP contribution in [0.5, 0.6) is 5.88 Å². The highest BCUT2D eigenvalue weighted by molar-refractivity contribution is 5.91. The maximum absolute atomic E-state index is 13.0. The Labute approximate surface area is 162 Å². The lowest BCUT2D eigenvalue weighted by molar-refractivity contribution is 0.0581. The van der Waals surface area contributed by atoms with Crippen molar-refractivity contribution in [3.63, 3.8) is 0 Å². The van der Waals surface area contributed by atoms with E-state index >= 15 is 0 Å². The number of carbonyl (C=O) groups is 1. The molecule has 3 aromatic rings. The van der Waals surface area contributed by atoms with Crippen molar-refractivity contribution in [3.05, 3.63) is 60.6 Å². The minimum Gasteiger partial charge on any atom is -0.481 e. The number of nitrogens with zero attached hydrogens (tertiary/aromatic N) is 4. The van der Waals surface area contributed by atoms with E-state index in [-0.39, 0.29) is 11.9 Å². The smallest absolute Gasteiger partial charge is 0.290 e. The van der Waals surface area contributed by atoms with Gasteiger partial charge in [0.2, 0.25) is 11.8 Å². The zero-order valence-corrected chi connectivity index (χ0v) is 15.7. The molecule has 1 amide bonds. The first-order valence-electron chi connectivity index (χ1n) is 9.23. The van der Waals surface area contributed by atoms with Crippen LogP contribution < -0.4 is 9.64 Å². The molecule has 4 rings (SSSR count). The van der Waals surface area contributed by atoms with Crippen molar-refractivity contribution in [2.75, 3.05) is 25.1 Å². The van der Waals surface area contributed by atoms with E-state index in [0.29, 0.717) is 24.1 Å². The van der Waals surface area contributed by atoms with Crippen LogP contribution in [0.3, 0.4) is 0 Å². The molecule has 28 heavy (non-hydrogen) atoms. The van der Waals surface area contributed by atoms with Gasteiger partial charge in [0.15, 0.2) is 5.76 Å². The molecule has 1 fully saturated rings. The van der Waals surface area contributed by atoms with Crippen molar-refractivity contribution in [2.45, 2.75) is 25.4 Å². The van der Waals surface area contributed by atoms with Gasteiger partial charge in [-0.25, -0.2) is 4.98 Å². The summed E-state index contributed by atoms with van der Waals surface area (Å²) in [5.41, 5.74) is 0. The fourth-order valence-corrected chi connectivity index (χ4v) is 3.45. The number of ether oxygens (including phenoxy) is 1. The van der Waals surface area contributed by atoms with Crippen LogP contribution in [0.2, 0.25) is 0 Å². The quantitative estimate of drug-likeness (QED) is 0.648. The Bertz CT molecular complexity index is 887. The number of hydrogen-bond donors (Lipinski definition) is 0. The first-order valence-corrected chi connectivity index (χ1v) is 9.23. The van der Waals surface area contributed by atoms with E-state index in [1.165, 1.54) is 6.26 Å². The molecular formula is C20H22N4O4. The van der Waals surface area contributed by atoms with Crippen LogP contribution >= 0.6 is 0 Å². The van der Waals surface area contributed by atoms with Gasteiger partial charge in [-0.3, -0.25) is 4.79 Å². The van der Waals surface area contributed by atoms with Crippen LogP contribution in [-0.2, 0) is 6.54 Å². The van der Waals surface area contributed by atoms with Crippen LogP contribution in [-0.4, -0.2) is 47.0 Å². The number of piperidine rings is 1. The van der Waals surface area contributed by atoms with E-state index in [1.807, 2.05) is 17.0 Å². The molecule has 0 saturated carbocycles. The first-order chi connectivity index (χ1) is 13.7. The maximum atomic E-state index is 13.0. The molecule has 4 heterocycles. The van der Waals surface area contributed by atoms with Crippen molar-refractivity contribution in [1.29, 1.82) is 0 Å². The third-order valence-electron chi connectivity index (χ3n) is 4.91. The van der Waals surface area contributed by atoms with E-state index in [0.717, 1.165) is 31.7 Å². The molecule has 8 nitrogen and oxygen atoms in total. The van der Waals surface area contributed by atoms with Gasteiger partial charge in [-0.2, -0.15) is 4.98 Å². The van der Waals surface area contributed by atoms with Crippen molar-refractivity contribution in [1.82, 2.24) is 14.9 Å². The molecule has 1 saturated heterocycles. The number of furan rings is 2. The second-order valence-electron chi connectivity index (χ2n) is 6.61. The van der Waals surface area contributed by atoms with Crippen LogP contribution in [0.1, 0.15) is 29.2 Å². The maximum Gasteiger partial charge on any atom is 0.290 e. The molecule has 0 spiro atoms. The molecule has 0 aliphatic carbocycles. The van der Waals surface area contributed by atoms with Crippen molar-refractivity contribution >= 4 is 11.9 Å². The molecule has 0 radical (unpaired) electrons. The summed E-state index contributed by atoms with van der Waals surface area (Å²) in [6.07, 6.45) is 6.42. The first kappa shape index (κ1) is 18.1.